The zero-order chi connectivity index (χ0) is 15.0. The van der Waals surface area contributed by atoms with Crippen LogP contribution < -0.4 is 0 Å². The van der Waals surface area contributed by atoms with Gasteiger partial charge in [-0.2, -0.15) is 5.10 Å². The van der Waals surface area contributed by atoms with Crippen LogP contribution in [-0.4, -0.2) is 19.3 Å². The van der Waals surface area contributed by atoms with Gasteiger partial charge in [0.15, 0.2) is 10.4 Å². The topological polar surface area (TPSA) is 38.5 Å². The van der Waals surface area contributed by atoms with E-state index in [9.17, 15) is 0 Å². The highest BCUT2D eigenvalue weighted by Gasteiger charge is 2.25. The first kappa shape index (κ1) is 14.8. The minimum atomic E-state index is 0.455. The molecule has 3 rings (SSSR count). The molecular formula is C16H26N4S. The maximum atomic E-state index is 5.62. The third-order valence-electron chi connectivity index (χ3n) is 4.99. The molecule has 0 saturated heterocycles. The van der Waals surface area contributed by atoms with Crippen LogP contribution in [0.1, 0.15) is 64.1 Å². The van der Waals surface area contributed by atoms with E-state index in [1.165, 1.54) is 37.8 Å². The van der Waals surface area contributed by atoms with E-state index in [2.05, 4.69) is 28.5 Å². The second kappa shape index (κ2) is 5.95. The first-order valence-corrected chi connectivity index (χ1v) is 8.70. The number of fused-ring (bicyclic) bond motifs is 1. The summed E-state index contributed by atoms with van der Waals surface area (Å²) in [7, 11) is 2.04. The van der Waals surface area contributed by atoms with E-state index in [1.807, 2.05) is 11.7 Å². The van der Waals surface area contributed by atoms with Crippen molar-refractivity contribution in [2.24, 2.45) is 13.0 Å². The van der Waals surface area contributed by atoms with Crippen LogP contribution in [-0.2, 0) is 13.5 Å². The number of hydrogen-bond donors (Lipinski definition) is 1. The van der Waals surface area contributed by atoms with Crippen molar-refractivity contribution >= 4 is 23.4 Å². The van der Waals surface area contributed by atoms with Gasteiger partial charge in [0.05, 0.1) is 5.69 Å². The first-order valence-electron chi connectivity index (χ1n) is 8.29. The Kier molecular flexibility index (Phi) is 4.20. The highest BCUT2D eigenvalue weighted by atomic mass is 32.1. The minimum absolute atomic E-state index is 0.455. The van der Waals surface area contributed by atoms with Gasteiger partial charge >= 0.3 is 0 Å². The summed E-state index contributed by atoms with van der Waals surface area (Å²) in [6.45, 7) is 4.52. The fraction of sp³-hybridized carbons (Fsp3) is 0.750. The van der Waals surface area contributed by atoms with E-state index < -0.39 is 0 Å². The van der Waals surface area contributed by atoms with E-state index >= 15 is 0 Å². The Morgan fingerprint density at radius 2 is 2.05 bits per heavy atom. The van der Waals surface area contributed by atoms with Crippen molar-refractivity contribution in [2.75, 3.05) is 0 Å². The van der Waals surface area contributed by atoms with Gasteiger partial charge in [0.25, 0.3) is 0 Å². The molecular weight excluding hydrogens is 280 g/mol. The van der Waals surface area contributed by atoms with Crippen LogP contribution in [0.5, 0.6) is 0 Å². The van der Waals surface area contributed by atoms with Crippen LogP contribution in [0.3, 0.4) is 0 Å². The lowest BCUT2D eigenvalue weighted by Gasteiger charge is -2.28. The molecule has 5 heteroatoms. The molecule has 1 aliphatic rings. The third kappa shape index (κ3) is 2.56. The van der Waals surface area contributed by atoms with Gasteiger partial charge in [0.1, 0.15) is 5.52 Å². The normalized spacial score (nSPS) is 18.4. The molecule has 116 valence electrons. The zero-order valence-corrected chi connectivity index (χ0v) is 14.2. The second-order valence-electron chi connectivity index (χ2n) is 6.46. The predicted octanol–water partition coefficient (Wildman–Crippen LogP) is 4.53. The van der Waals surface area contributed by atoms with E-state index in [0.717, 1.165) is 34.7 Å². The van der Waals surface area contributed by atoms with E-state index in [4.69, 9.17) is 12.2 Å². The van der Waals surface area contributed by atoms with Crippen molar-refractivity contribution in [3.63, 3.8) is 0 Å². The number of aryl methyl sites for hydroxylation is 2. The van der Waals surface area contributed by atoms with Gasteiger partial charge in [0, 0.05) is 13.1 Å². The molecule has 1 atom stereocenters. The van der Waals surface area contributed by atoms with Gasteiger partial charge < -0.3 is 4.98 Å². The standard InChI is InChI=1S/C16H26N4S/c1-4-8-13-14-15(19(3)18-13)20(16(21)17-14)11(2)12-9-6-5-7-10-12/h11-12H,4-10H2,1-3H3,(H,17,21). The fourth-order valence-corrected chi connectivity index (χ4v) is 4.21. The minimum Gasteiger partial charge on any atom is -0.328 e. The van der Waals surface area contributed by atoms with Crippen LogP contribution in [0.25, 0.3) is 11.2 Å². The Morgan fingerprint density at radius 3 is 2.71 bits per heavy atom. The molecule has 21 heavy (non-hydrogen) atoms. The Bertz CT molecular complexity index is 672. The average Bonchev–Trinajstić information content (AvgIpc) is 2.97. The summed E-state index contributed by atoms with van der Waals surface area (Å²) in [5.41, 5.74) is 3.46. The van der Waals surface area contributed by atoms with Gasteiger partial charge in [-0.15, -0.1) is 0 Å². The van der Waals surface area contributed by atoms with Gasteiger partial charge in [-0.25, -0.2) is 0 Å². The summed E-state index contributed by atoms with van der Waals surface area (Å²) in [5.74, 6) is 0.744. The van der Waals surface area contributed by atoms with Gasteiger partial charge in [0.2, 0.25) is 0 Å². The Hall–Kier alpha value is -1.10. The maximum Gasteiger partial charge on any atom is 0.179 e. The van der Waals surface area contributed by atoms with Gasteiger partial charge in [-0.05, 0) is 44.3 Å². The molecule has 2 heterocycles. The fourth-order valence-electron chi connectivity index (χ4n) is 3.85. The number of hydrogen-bond acceptors (Lipinski definition) is 2. The van der Waals surface area contributed by atoms with Crippen molar-refractivity contribution in [3.05, 3.63) is 10.5 Å². The Balaban J connectivity index is 2.05. The van der Waals surface area contributed by atoms with E-state index in [0.29, 0.717) is 6.04 Å². The summed E-state index contributed by atoms with van der Waals surface area (Å²) >= 11 is 5.62. The number of nitrogens with zero attached hydrogens (tertiary/aromatic N) is 3. The zero-order valence-electron chi connectivity index (χ0n) is 13.4. The third-order valence-corrected chi connectivity index (χ3v) is 5.29. The second-order valence-corrected chi connectivity index (χ2v) is 6.84. The molecule has 0 aromatic carbocycles. The molecule has 0 amide bonds. The van der Waals surface area contributed by atoms with Crippen molar-refractivity contribution in [2.45, 2.75) is 64.8 Å². The molecule has 0 spiro atoms. The molecule has 1 aliphatic carbocycles. The van der Waals surface area contributed by atoms with Gasteiger partial charge in [-0.3, -0.25) is 9.25 Å². The van der Waals surface area contributed by atoms with Gasteiger partial charge in [-0.1, -0.05) is 32.6 Å². The molecule has 1 saturated carbocycles. The highest BCUT2D eigenvalue weighted by molar-refractivity contribution is 7.71. The van der Waals surface area contributed by atoms with Crippen LogP contribution in [0.4, 0.5) is 0 Å². The van der Waals surface area contributed by atoms with Crippen molar-refractivity contribution in [1.82, 2.24) is 19.3 Å². The smallest absolute Gasteiger partial charge is 0.179 e. The number of rotatable bonds is 4. The largest absolute Gasteiger partial charge is 0.328 e. The lowest BCUT2D eigenvalue weighted by Crippen LogP contribution is -2.20. The molecule has 1 unspecified atom stereocenters. The lowest BCUT2D eigenvalue weighted by atomic mass is 9.84. The molecule has 2 aromatic heterocycles. The van der Waals surface area contributed by atoms with Crippen LogP contribution in [0.2, 0.25) is 0 Å². The number of aromatic nitrogens is 4. The first-order chi connectivity index (χ1) is 10.1. The number of nitrogens with one attached hydrogen (secondary N) is 1. The summed E-state index contributed by atoms with van der Waals surface area (Å²) in [5, 5.41) is 4.69. The molecule has 1 fully saturated rings. The summed E-state index contributed by atoms with van der Waals surface area (Å²) in [6.07, 6.45) is 8.89. The van der Waals surface area contributed by atoms with Crippen LogP contribution in [0.15, 0.2) is 0 Å². The van der Waals surface area contributed by atoms with E-state index in [-0.39, 0.29) is 0 Å². The van der Waals surface area contributed by atoms with Crippen molar-refractivity contribution in [3.8, 4) is 0 Å². The molecule has 2 aromatic rings. The predicted molar refractivity (Wildman–Crippen MR) is 89.2 cm³/mol. The number of aromatic amines is 1. The summed E-state index contributed by atoms with van der Waals surface area (Å²) in [4.78, 5) is 3.42. The SMILES string of the molecule is CCCc1nn(C)c2c1[nH]c(=S)n2C(C)C1CCCCC1. The molecule has 0 radical (unpaired) electrons. The van der Waals surface area contributed by atoms with Crippen molar-refractivity contribution in [1.29, 1.82) is 0 Å². The number of H-pyrrole nitrogens is 1. The molecule has 0 aliphatic heterocycles. The lowest BCUT2D eigenvalue weighted by molar-refractivity contribution is 0.265. The molecule has 1 N–H and O–H groups in total. The molecule has 4 nitrogen and oxygen atoms in total. The monoisotopic (exact) mass is 306 g/mol. The number of imidazole rings is 1. The van der Waals surface area contributed by atoms with Crippen molar-refractivity contribution < 1.29 is 0 Å². The Labute approximate surface area is 131 Å². The summed E-state index contributed by atoms with van der Waals surface area (Å²) < 4.78 is 5.17. The van der Waals surface area contributed by atoms with Crippen LogP contribution >= 0.6 is 12.2 Å². The highest BCUT2D eigenvalue weighted by Crippen LogP contribution is 2.35. The molecule has 0 bridgehead atoms. The van der Waals surface area contributed by atoms with Crippen LogP contribution in [0, 0.1) is 10.7 Å². The Morgan fingerprint density at radius 1 is 1.33 bits per heavy atom. The van der Waals surface area contributed by atoms with E-state index in [1.54, 1.807) is 0 Å². The maximum absolute atomic E-state index is 5.62. The quantitative estimate of drug-likeness (QED) is 0.843. The summed E-state index contributed by atoms with van der Waals surface area (Å²) in [6, 6.07) is 0.455. The average molecular weight is 306 g/mol.